The third kappa shape index (κ3) is 7.93. The lowest BCUT2D eigenvalue weighted by atomic mass is 10.2. The second-order valence-electron chi connectivity index (χ2n) is 5.13. The Labute approximate surface area is 138 Å². The van der Waals surface area contributed by atoms with E-state index < -0.39 is 6.10 Å². The highest BCUT2D eigenvalue weighted by atomic mass is 16.5. The number of hydrogen-bond acceptors (Lipinski definition) is 2. The summed E-state index contributed by atoms with van der Waals surface area (Å²) in [6.07, 6.45) is 15.1. The van der Waals surface area contributed by atoms with Crippen LogP contribution in [0.25, 0.3) is 0 Å². The number of rotatable bonds is 11. The number of nitrogens with two attached hydrogens (primary N) is 1. The summed E-state index contributed by atoms with van der Waals surface area (Å²) in [4.78, 5) is 0. The average molecular weight is 314 g/mol. The predicted molar refractivity (Wildman–Crippen MR) is 92.5 cm³/mol. The van der Waals surface area contributed by atoms with Gasteiger partial charge in [-0.1, -0.05) is 12.2 Å². The third-order valence-electron chi connectivity index (χ3n) is 3.05. The minimum absolute atomic E-state index is 0.222. The van der Waals surface area contributed by atoms with Crippen molar-refractivity contribution in [2.75, 3.05) is 6.61 Å². The molecule has 0 aliphatic carbocycles. The Bertz CT molecular complexity index is 576. The van der Waals surface area contributed by atoms with Crippen molar-refractivity contribution in [1.29, 1.82) is 0 Å². The van der Waals surface area contributed by atoms with Crippen molar-refractivity contribution >= 4 is 6.21 Å². The van der Waals surface area contributed by atoms with Gasteiger partial charge in [0.15, 0.2) is 25.2 Å². The molecule has 1 heterocycles. The topological polar surface area (TPSA) is 58.9 Å². The van der Waals surface area contributed by atoms with Crippen molar-refractivity contribution in [3.05, 3.63) is 79.4 Å². The Kier molecular flexibility index (Phi) is 9.01. The summed E-state index contributed by atoms with van der Waals surface area (Å²) >= 11 is 0. The zero-order valence-electron chi connectivity index (χ0n) is 13.5. The van der Waals surface area contributed by atoms with Crippen LogP contribution in [0, 0.1) is 0 Å². The van der Waals surface area contributed by atoms with Gasteiger partial charge in [0.25, 0.3) is 0 Å². The number of allylic oxidation sites excluding steroid dienone is 5. The molecule has 1 rings (SSSR count). The number of aromatic nitrogens is 1. The summed E-state index contributed by atoms with van der Waals surface area (Å²) in [6.45, 7) is 8.13. The van der Waals surface area contributed by atoms with Gasteiger partial charge < -0.3 is 9.84 Å². The van der Waals surface area contributed by atoms with Gasteiger partial charge in [0, 0.05) is 17.7 Å². The van der Waals surface area contributed by atoms with Crippen molar-refractivity contribution in [1.82, 2.24) is 0 Å². The fraction of sp³-hybridized carbons (Fsp3) is 0.263. The van der Waals surface area contributed by atoms with Gasteiger partial charge in [-0.05, 0) is 30.6 Å². The molecule has 0 aromatic carbocycles. The van der Waals surface area contributed by atoms with Crippen LogP contribution in [0.15, 0.2) is 73.8 Å². The molecule has 0 saturated heterocycles. The van der Waals surface area contributed by atoms with E-state index in [9.17, 15) is 5.11 Å². The van der Waals surface area contributed by atoms with Crippen molar-refractivity contribution in [2.45, 2.75) is 25.5 Å². The van der Waals surface area contributed by atoms with Crippen LogP contribution in [-0.2, 0) is 17.7 Å². The summed E-state index contributed by atoms with van der Waals surface area (Å²) < 4.78 is 7.41. The van der Waals surface area contributed by atoms with Gasteiger partial charge in [-0.25, -0.2) is 4.57 Å². The lowest BCUT2D eigenvalue weighted by Gasteiger charge is -2.08. The van der Waals surface area contributed by atoms with E-state index in [0.717, 1.165) is 17.6 Å². The molecule has 0 amide bonds. The monoisotopic (exact) mass is 314 g/mol. The van der Waals surface area contributed by atoms with Gasteiger partial charge in [0.2, 0.25) is 0 Å². The van der Waals surface area contributed by atoms with E-state index in [1.165, 1.54) is 6.21 Å². The first-order valence-corrected chi connectivity index (χ1v) is 7.59. The molecule has 23 heavy (non-hydrogen) atoms. The molecule has 0 spiro atoms. The quantitative estimate of drug-likeness (QED) is 0.210. The molecule has 0 fully saturated rings. The van der Waals surface area contributed by atoms with E-state index in [0.29, 0.717) is 13.0 Å². The molecule has 1 aromatic heterocycles. The lowest BCUT2D eigenvalue weighted by Crippen LogP contribution is -2.41. The summed E-state index contributed by atoms with van der Waals surface area (Å²) in [5, 5.41) is 15.4. The van der Waals surface area contributed by atoms with E-state index >= 15 is 0 Å². The van der Waals surface area contributed by atoms with E-state index in [4.69, 9.17) is 10.1 Å². The van der Waals surface area contributed by atoms with Crippen LogP contribution in [0.2, 0.25) is 0 Å². The maximum atomic E-state index is 10.1. The standard InChI is InChI=1S/C19H25N2O2/c1-3-7-17-10-6-12-21(13-17)14-19(22)16-23-15-18(8-4-2)9-5-11-20/h3-6,9-13,15,19-20,22H,1-2,7-8,14,16H2/q+1/p+1/b9-5-,18-15-,20-11?. The van der Waals surface area contributed by atoms with Crippen molar-refractivity contribution in [3.8, 4) is 0 Å². The van der Waals surface area contributed by atoms with Crippen molar-refractivity contribution < 1.29 is 19.8 Å². The third-order valence-corrected chi connectivity index (χ3v) is 3.05. The molecular formula is C19H26N2O2+2. The van der Waals surface area contributed by atoms with Gasteiger partial charge in [-0.3, -0.25) is 5.41 Å². The summed E-state index contributed by atoms with van der Waals surface area (Å²) in [6, 6.07) is 3.99. The number of nitrogens with zero attached hydrogens (tertiary/aromatic N) is 1. The summed E-state index contributed by atoms with van der Waals surface area (Å²) in [5.41, 5.74) is 2.10. The minimum atomic E-state index is -0.592. The fourth-order valence-corrected chi connectivity index (χ4v) is 2.04. The molecule has 3 N–H and O–H groups in total. The molecule has 4 nitrogen and oxygen atoms in total. The largest absolute Gasteiger partial charge is 0.498 e. The highest BCUT2D eigenvalue weighted by Gasteiger charge is 2.11. The number of pyridine rings is 1. The van der Waals surface area contributed by atoms with E-state index in [1.807, 2.05) is 41.2 Å². The number of aliphatic hydroxyl groups is 1. The van der Waals surface area contributed by atoms with E-state index in [1.54, 1.807) is 18.4 Å². The highest BCUT2D eigenvalue weighted by Crippen LogP contribution is 2.04. The Morgan fingerprint density at radius 3 is 2.91 bits per heavy atom. The summed E-state index contributed by atoms with van der Waals surface area (Å²) in [7, 11) is 0. The van der Waals surface area contributed by atoms with Gasteiger partial charge >= 0.3 is 0 Å². The van der Waals surface area contributed by atoms with Crippen molar-refractivity contribution in [2.24, 2.45) is 0 Å². The minimum Gasteiger partial charge on any atom is -0.498 e. The van der Waals surface area contributed by atoms with Gasteiger partial charge in [0.1, 0.15) is 12.7 Å². The van der Waals surface area contributed by atoms with Crippen LogP contribution in [0.1, 0.15) is 12.0 Å². The normalized spacial score (nSPS) is 12.8. The number of hydrogen-bond donors (Lipinski definition) is 2. The SMILES string of the molecule is C=CCC(/C=C\C=[NH2+])=C/OCC(O)C[n+]1cccc(CC=C)c1. The maximum Gasteiger partial charge on any atom is 0.177 e. The second-order valence-corrected chi connectivity index (χ2v) is 5.13. The Balaban J connectivity index is 2.52. The molecule has 1 aromatic rings. The highest BCUT2D eigenvalue weighted by molar-refractivity contribution is 5.65. The first-order valence-electron chi connectivity index (χ1n) is 7.59. The summed E-state index contributed by atoms with van der Waals surface area (Å²) in [5.74, 6) is 0. The van der Waals surface area contributed by atoms with Gasteiger partial charge in [-0.2, -0.15) is 0 Å². The predicted octanol–water partition coefficient (Wildman–Crippen LogP) is 0.926. The maximum absolute atomic E-state index is 10.1. The van der Waals surface area contributed by atoms with Crippen LogP contribution < -0.4 is 9.98 Å². The molecule has 0 saturated carbocycles. The zero-order chi connectivity index (χ0) is 16.9. The molecule has 1 atom stereocenters. The molecule has 0 bridgehead atoms. The van der Waals surface area contributed by atoms with Crippen LogP contribution in [0.5, 0.6) is 0 Å². The van der Waals surface area contributed by atoms with Crippen LogP contribution in [-0.4, -0.2) is 24.0 Å². The zero-order valence-corrected chi connectivity index (χ0v) is 13.5. The first-order chi connectivity index (χ1) is 11.2. The van der Waals surface area contributed by atoms with E-state index in [2.05, 4.69) is 13.2 Å². The van der Waals surface area contributed by atoms with Crippen molar-refractivity contribution in [3.63, 3.8) is 0 Å². The average Bonchev–Trinajstić information content (AvgIpc) is 2.53. The van der Waals surface area contributed by atoms with Gasteiger partial charge in [0.05, 0.1) is 6.26 Å². The molecule has 0 aliphatic rings. The molecular weight excluding hydrogens is 288 g/mol. The van der Waals surface area contributed by atoms with Crippen LogP contribution >= 0.6 is 0 Å². The molecule has 1 unspecified atom stereocenters. The molecule has 4 heteroatoms. The lowest BCUT2D eigenvalue weighted by molar-refractivity contribution is -0.704. The molecule has 0 aliphatic heterocycles. The Morgan fingerprint density at radius 1 is 1.39 bits per heavy atom. The first kappa shape index (κ1) is 18.6. The molecule has 122 valence electrons. The number of aliphatic hydroxyl groups excluding tert-OH is 1. The van der Waals surface area contributed by atoms with Gasteiger partial charge in [-0.15, -0.1) is 13.2 Å². The molecule has 0 radical (unpaired) electrons. The van der Waals surface area contributed by atoms with E-state index in [-0.39, 0.29) is 6.61 Å². The Morgan fingerprint density at radius 2 is 2.22 bits per heavy atom. The van der Waals surface area contributed by atoms with Crippen LogP contribution in [0.4, 0.5) is 0 Å². The van der Waals surface area contributed by atoms with Crippen LogP contribution in [0.3, 0.4) is 0 Å². The fourth-order valence-electron chi connectivity index (χ4n) is 2.04. The second kappa shape index (κ2) is 11.2. The number of ether oxygens (including phenoxy) is 1. The Hall–Kier alpha value is -2.46. The smallest absolute Gasteiger partial charge is 0.177 e.